The summed E-state index contributed by atoms with van der Waals surface area (Å²) in [5, 5.41) is 4.74. The number of benzene rings is 1. The molecule has 1 unspecified atom stereocenters. The number of fused-ring (bicyclic) bond motifs is 3. The predicted molar refractivity (Wildman–Crippen MR) is 197 cm³/mol. The Morgan fingerprint density at radius 1 is 1.05 bits per heavy atom. The lowest BCUT2D eigenvalue weighted by atomic mass is 9.88. The van der Waals surface area contributed by atoms with Crippen molar-refractivity contribution in [3.05, 3.63) is 42.4 Å². The Kier molecular flexibility index (Phi) is 11.5. The zero-order valence-electron chi connectivity index (χ0n) is 32.2. The highest BCUT2D eigenvalue weighted by atomic mass is 32.2. The summed E-state index contributed by atoms with van der Waals surface area (Å²) in [5.41, 5.74) is -4.57. The molecule has 4 amide bonds. The summed E-state index contributed by atoms with van der Waals surface area (Å²) in [6.45, 7) is 4.61. The van der Waals surface area contributed by atoms with Crippen LogP contribution < -0.4 is 24.8 Å². The average Bonchev–Trinajstić information content (AvgIpc) is 4.05. The van der Waals surface area contributed by atoms with E-state index in [0.717, 1.165) is 4.90 Å². The van der Waals surface area contributed by atoms with Gasteiger partial charge in [-0.3, -0.25) is 19.1 Å². The van der Waals surface area contributed by atoms with Crippen molar-refractivity contribution in [2.24, 2.45) is 17.8 Å². The van der Waals surface area contributed by atoms with Gasteiger partial charge in [-0.1, -0.05) is 26.0 Å². The number of hydrogen-bond donors (Lipinski definition) is 3. The Balaban J connectivity index is 1.35. The third kappa shape index (κ3) is 8.77. The van der Waals surface area contributed by atoms with Crippen molar-refractivity contribution < 1.29 is 59.4 Å². The maximum absolute atomic E-state index is 15.2. The number of alkyl carbamates (subject to hydrolysis) is 1. The summed E-state index contributed by atoms with van der Waals surface area (Å²) < 4.78 is 100. The zero-order valence-corrected chi connectivity index (χ0v) is 33.0. The van der Waals surface area contributed by atoms with Crippen molar-refractivity contribution in [3.8, 4) is 11.6 Å². The minimum Gasteiger partial charge on any atom is -0.494 e. The number of methoxy groups -OCH3 is 1. The number of pyridine rings is 1. The first-order valence-electron chi connectivity index (χ1n) is 18.9. The molecule has 3 fully saturated rings. The normalized spacial score (nSPS) is 29.2. The second kappa shape index (κ2) is 15.6. The van der Waals surface area contributed by atoms with Gasteiger partial charge < -0.3 is 29.7 Å². The molecule has 7 atom stereocenters. The van der Waals surface area contributed by atoms with Gasteiger partial charge in [0.15, 0.2) is 11.6 Å². The number of allylic oxidation sites excluding steroid dienone is 1. The van der Waals surface area contributed by atoms with Crippen LogP contribution in [0.25, 0.3) is 10.8 Å². The number of amides is 4. The van der Waals surface area contributed by atoms with Gasteiger partial charge in [0.05, 0.1) is 18.9 Å². The van der Waals surface area contributed by atoms with Crippen molar-refractivity contribution >= 4 is 44.6 Å². The topological polar surface area (TPSA) is 182 Å². The fourth-order valence-electron chi connectivity index (χ4n) is 7.52. The molecule has 6 rings (SSSR count). The van der Waals surface area contributed by atoms with Gasteiger partial charge in [-0.05, 0) is 82.4 Å². The minimum absolute atomic E-state index is 0.0241. The number of nitrogens with zero attached hydrogens (tertiary/aromatic N) is 2. The molecule has 3 heterocycles. The lowest BCUT2D eigenvalue weighted by Crippen LogP contribution is -2.59. The number of carbonyl (C=O) groups excluding carboxylic acids is 4. The molecule has 2 aromatic rings. The molecule has 1 aromatic carbocycles. The van der Waals surface area contributed by atoms with Gasteiger partial charge in [-0.2, -0.15) is 13.2 Å². The average molecular weight is 826 g/mol. The van der Waals surface area contributed by atoms with E-state index in [2.05, 4.69) is 20.3 Å². The molecule has 0 spiro atoms. The Bertz CT molecular complexity index is 2060. The van der Waals surface area contributed by atoms with E-state index >= 15 is 4.39 Å². The lowest BCUT2D eigenvalue weighted by Gasteiger charge is -2.34. The molecule has 2 saturated carbocycles. The van der Waals surface area contributed by atoms with Gasteiger partial charge in [0.25, 0.3) is 5.91 Å². The number of carbonyl (C=O) groups is 4. The summed E-state index contributed by atoms with van der Waals surface area (Å²) in [5.74, 6) is -4.62. The van der Waals surface area contributed by atoms with Crippen LogP contribution in [0.3, 0.4) is 0 Å². The van der Waals surface area contributed by atoms with E-state index in [0.29, 0.717) is 46.0 Å². The van der Waals surface area contributed by atoms with E-state index in [1.54, 1.807) is 13.0 Å². The highest BCUT2D eigenvalue weighted by Crippen LogP contribution is 2.46. The van der Waals surface area contributed by atoms with Crippen LogP contribution in [0.5, 0.6) is 11.6 Å². The van der Waals surface area contributed by atoms with E-state index in [-0.39, 0.29) is 47.7 Å². The van der Waals surface area contributed by atoms with Gasteiger partial charge in [0.1, 0.15) is 23.7 Å². The minimum atomic E-state index is -4.93. The Hall–Kier alpha value is -4.68. The molecule has 312 valence electrons. The number of hydrogen-bond acceptors (Lipinski definition) is 10. The summed E-state index contributed by atoms with van der Waals surface area (Å²) >= 11 is 0. The smallest absolute Gasteiger partial charge is 0.427 e. The fourth-order valence-corrected chi connectivity index (χ4v) is 8.89. The molecule has 2 aliphatic carbocycles. The van der Waals surface area contributed by atoms with Crippen molar-refractivity contribution in [1.29, 1.82) is 0 Å². The van der Waals surface area contributed by atoms with Crippen LogP contribution in [-0.2, 0) is 29.1 Å². The first kappa shape index (κ1) is 41.9. The van der Waals surface area contributed by atoms with Crippen molar-refractivity contribution in [3.63, 3.8) is 0 Å². The van der Waals surface area contributed by atoms with Crippen molar-refractivity contribution in [2.45, 2.75) is 113 Å². The summed E-state index contributed by atoms with van der Waals surface area (Å²) in [7, 11) is -2.69. The second-order valence-electron chi connectivity index (χ2n) is 16.1. The molecule has 14 nitrogen and oxygen atoms in total. The molecular formula is C38H47F4N5O9S. The summed E-state index contributed by atoms with van der Waals surface area (Å²) in [6.07, 6.45) is -0.402. The van der Waals surface area contributed by atoms with Gasteiger partial charge in [0.2, 0.25) is 33.3 Å². The molecule has 2 aliphatic heterocycles. The van der Waals surface area contributed by atoms with Crippen LogP contribution in [0.15, 0.2) is 36.5 Å². The molecule has 1 aromatic heterocycles. The van der Waals surface area contributed by atoms with E-state index in [1.807, 2.05) is 13.0 Å². The molecule has 0 radical (unpaired) electrons. The summed E-state index contributed by atoms with van der Waals surface area (Å²) in [6, 6.07) is 1.47. The highest BCUT2D eigenvalue weighted by molar-refractivity contribution is 7.91. The summed E-state index contributed by atoms with van der Waals surface area (Å²) in [4.78, 5) is 61.3. The first-order chi connectivity index (χ1) is 26.7. The van der Waals surface area contributed by atoms with Gasteiger partial charge in [-0.15, -0.1) is 0 Å². The third-order valence-corrected chi connectivity index (χ3v) is 13.0. The number of sulfonamides is 1. The maximum Gasteiger partial charge on any atom is 0.427 e. The van der Waals surface area contributed by atoms with E-state index in [4.69, 9.17) is 14.2 Å². The van der Waals surface area contributed by atoms with Crippen LogP contribution in [0.4, 0.5) is 22.4 Å². The molecule has 57 heavy (non-hydrogen) atoms. The van der Waals surface area contributed by atoms with Crippen molar-refractivity contribution in [2.75, 3.05) is 13.7 Å². The van der Waals surface area contributed by atoms with Gasteiger partial charge in [-0.25, -0.2) is 22.6 Å². The van der Waals surface area contributed by atoms with Gasteiger partial charge in [0, 0.05) is 29.3 Å². The monoisotopic (exact) mass is 825 g/mol. The Labute approximate surface area is 327 Å². The lowest BCUT2D eigenvalue weighted by molar-refractivity contribution is -0.244. The number of ether oxygens (including phenoxy) is 3. The quantitative estimate of drug-likeness (QED) is 0.250. The standard InChI is InChI=1S/C38H47F4N5O9S/c1-20-8-6-7-9-22-18-37(22,34(50)46-57(52,53)24-10-11-24)45-31(48)27-17-23(55-32-26-12-13-28(54-5)29(39)25(26)14-15-43-32)19-47(27)33(49)30(21(2)16-20)44-35(51)56-36(3,4)38(40,41)42/h7,9,12-15,20-24,27,30H,6,8,10-11,16-19H2,1-5H3,(H,44,51)(H,45,48)(H,46,50)/b9-7-/t20-,21+,22?,23+,27-,30-,37+/m0/s1. The van der Waals surface area contributed by atoms with Crippen LogP contribution in [0.2, 0.25) is 0 Å². The number of halogens is 4. The van der Waals surface area contributed by atoms with E-state index < -0.39 is 92.2 Å². The first-order valence-corrected chi connectivity index (χ1v) is 20.4. The third-order valence-electron chi connectivity index (χ3n) is 11.2. The molecular weight excluding hydrogens is 779 g/mol. The molecule has 1 saturated heterocycles. The highest BCUT2D eigenvalue weighted by Gasteiger charge is 2.62. The van der Waals surface area contributed by atoms with Crippen LogP contribution in [0.1, 0.15) is 72.6 Å². The Morgan fingerprint density at radius 2 is 1.77 bits per heavy atom. The van der Waals surface area contributed by atoms with Crippen LogP contribution >= 0.6 is 0 Å². The van der Waals surface area contributed by atoms with Crippen LogP contribution in [-0.4, -0.2) is 96.5 Å². The largest absolute Gasteiger partial charge is 0.494 e. The molecule has 4 aliphatic rings. The number of alkyl halides is 3. The van der Waals surface area contributed by atoms with Crippen LogP contribution in [0, 0.1) is 23.6 Å². The van der Waals surface area contributed by atoms with E-state index in [9.17, 15) is 40.8 Å². The van der Waals surface area contributed by atoms with Gasteiger partial charge >= 0.3 is 12.3 Å². The molecule has 3 N–H and O–H groups in total. The molecule has 19 heteroatoms. The fraction of sp³-hybridized carbons (Fsp3) is 0.605. The SMILES string of the molecule is COc1ccc2c(O[C@@H]3C[C@H]4C(=O)N[C@]5(C(=O)NS(=O)(=O)C6CC6)CC5/C=C\CC[C@H](C)C[C@@H](C)[C@H](NC(=O)OC(C)(C)C(F)(F)F)C(=O)N4C3)nccc2c1F. The van der Waals surface area contributed by atoms with E-state index in [1.165, 1.54) is 31.5 Å². The number of nitrogens with one attached hydrogen (secondary N) is 3. The molecule has 0 bridgehead atoms. The van der Waals surface area contributed by atoms with Crippen molar-refractivity contribution in [1.82, 2.24) is 25.2 Å². The Morgan fingerprint density at radius 3 is 2.44 bits per heavy atom. The number of aromatic nitrogens is 1. The maximum atomic E-state index is 15.2. The number of rotatable bonds is 8. The predicted octanol–water partition coefficient (Wildman–Crippen LogP) is 4.66. The zero-order chi connectivity index (χ0) is 41.7. The second-order valence-corrected chi connectivity index (χ2v) is 18.0.